The van der Waals surface area contributed by atoms with Gasteiger partial charge in [-0.3, -0.25) is 4.79 Å². The third kappa shape index (κ3) is 2.30. The van der Waals surface area contributed by atoms with Crippen molar-refractivity contribution in [2.45, 2.75) is 18.6 Å². The summed E-state index contributed by atoms with van der Waals surface area (Å²) in [4.78, 5) is 23.4. The Balaban J connectivity index is 1.93. The predicted octanol–water partition coefficient (Wildman–Crippen LogP) is 2.71. The zero-order chi connectivity index (χ0) is 15.9. The minimum atomic E-state index is -1.71. The van der Waals surface area contributed by atoms with Gasteiger partial charge in [-0.15, -0.1) is 0 Å². The normalized spacial score (nSPS) is 24.4. The molecule has 0 radical (unpaired) electrons. The molecule has 2 unspecified atom stereocenters. The average Bonchev–Trinajstić information content (AvgIpc) is 2.73. The minimum Gasteiger partial charge on any atom is -0.444 e. The summed E-state index contributed by atoms with van der Waals surface area (Å²) in [6, 6.07) is 14.5. The Morgan fingerprint density at radius 2 is 1.50 bits per heavy atom. The molecule has 1 aliphatic rings. The molecule has 1 aliphatic heterocycles. The summed E-state index contributed by atoms with van der Waals surface area (Å²) in [7, 11) is 0. The monoisotopic (exact) mass is 316 g/mol. The minimum absolute atomic E-state index is 0.528. The van der Waals surface area contributed by atoms with E-state index in [0.717, 1.165) is 11.1 Å². The molecule has 112 valence electrons. The second-order valence-corrected chi connectivity index (χ2v) is 5.74. The molecule has 2 aromatic carbocycles. The molecule has 1 N–H and O–H groups in total. The molecular formula is C17H13ClO4. The van der Waals surface area contributed by atoms with E-state index in [1.165, 1.54) is 6.92 Å². The molecule has 0 aliphatic carbocycles. The number of ether oxygens (including phenoxy) is 1. The second kappa shape index (κ2) is 5.23. The Labute approximate surface area is 132 Å². The molecular weight excluding hydrogens is 304 g/mol. The smallest absolute Gasteiger partial charge is 0.344 e. The molecule has 4 nitrogen and oxygen atoms in total. The summed E-state index contributed by atoms with van der Waals surface area (Å²) < 4.78 is 5.06. The SMILES string of the molecule is CC1(c2ccc(-c3ccc(Cl)cc3)cc2)OC(=O)C(O)C1=O. The van der Waals surface area contributed by atoms with Gasteiger partial charge in [0.2, 0.25) is 11.9 Å². The van der Waals surface area contributed by atoms with Crippen LogP contribution in [0.25, 0.3) is 11.1 Å². The van der Waals surface area contributed by atoms with Crippen molar-refractivity contribution >= 4 is 23.4 Å². The van der Waals surface area contributed by atoms with Crippen molar-refractivity contribution in [3.05, 3.63) is 59.1 Å². The fraction of sp³-hybridized carbons (Fsp3) is 0.176. The molecule has 5 heteroatoms. The van der Waals surface area contributed by atoms with Crippen LogP contribution in [0.5, 0.6) is 0 Å². The maximum atomic E-state index is 12.0. The number of hydrogen-bond acceptors (Lipinski definition) is 4. The number of rotatable bonds is 2. The Bertz CT molecular complexity index is 736. The number of carbonyl (C=O) groups is 2. The van der Waals surface area contributed by atoms with Crippen LogP contribution in [0.2, 0.25) is 5.02 Å². The van der Waals surface area contributed by atoms with E-state index >= 15 is 0 Å². The first-order valence-corrected chi connectivity index (χ1v) is 7.11. The van der Waals surface area contributed by atoms with Crippen molar-refractivity contribution in [3.8, 4) is 11.1 Å². The van der Waals surface area contributed by atoms with Crippen molar-refractivity contribution in [2.24, 2.45) is 0 Å². The maximum absolute atomic E-state index is 12.0. The number of benzene rings is 2. The number of halogens is 1. The Kier molecular flexibility index (Phi) is 3.51. The predicted molar refractivity (Wildman–Crippen MR) is 81.3 cm³/mol. The molecule has 0 aromatic heterocycles. The van der Waals surface area contributed by atoms with Crippen LogP contribution >= 0.6 is 11.6 Å². The van der Waals surface area contributed by atoms with E-state index in [0.29, 0.717) is 10.6 Å². The average molecular weight is 317 g/mol. The van der Waals surface area contributed by atoms with Crippen LogP contribution in [0.3, 0.4) is 0 Å². The van der Waals surface area contributed by atoms with Crippen molar-refractivity contribution < 1.29 is 19.4 Å². The van der Waals surface area contributed by atoms with E-state index in [1.807, 2.05) is 24.3 Å². The van der Waals surface area contributed by atoms with Crippen LogP contribution in [0, 0.1) is 0 Å². The molecule has 22 heavy (non-hydrogen) atoms. The van der Waals surface area contributed by atoms with Crippen LogP contribution < -0.4 is 0 Å². The third-order valence-electron chi connectivity index (χ3n) is 3.86. The van der Waals surface area contributed by atoms with E-state index in [4.69, 9.17) is 16.3 Å². The van der Waals surface area contributed by atoms with E-state index in [1.54, 1.807) is 24.3 Å². The Morgan fingerprint density at radius 3 is 1.95 bits per heavy atom. The van der Waals surface area contributed by atoms with Crippen LogP contribution in [0.4, 0.5) is 0 Å². The molecule has 2 atom stereocenters. The highest BCUT2D eigenvalue weighted by Gasteiger charge is 2.52. The number of aliphatic hydroxyl groups is 1. The summed E-state index contributed by atoms with van der Waals surface area (Å²) in [6.45, 7) is 1.49. The van der Waals surface area contributed by atoms with Gasteiger partial charge in [0.1, 0.15) is 0 Å². The first-order valence-electron chi connectivity index (χ1n) is 6.73. The molecule has 1 fully saturated rings. The lowest BCUT2D eigenvalue weighted by Gasteiger charge is -2.21. The highest BCUT2D eigenvalue weighted by atomic mass is 35.5. The van der Waals surface area contributed by atoms with Gasteiger partial charge in [0.05, 0.1) is 0 Å². The fourth-order valence-electron chi connectivity index (χ4n) is 2.50. The lowest BCUT2D eigenvalue weighted by molar-refractivity contribution is -0.153. The molecule has 0 amide bonds. The maximum Gasteiger partial charge on any atom is 0.344 e. The fourth-order valence-corrected chi connectivity index (χ4v) is 2.63. The van der Waals surface area contributed by atoms with Crippen LogP contribution in [0.15, 0.2) is 48.5 Å². The molecule has 1 saturated heterocycles. The van der Waals surface area contributed by atoms with Crippen LogP contribution in [-0.4, -0.2) is 23.0 Å². The number of cyclic esters (lactones) is 1. The van der Waals surface area contributed by atoms with Crippen molar-refractivity contribution in [1.82, 2.24) is 0 Å². The molecule has 0 bridgehead atoms. The molecule has 1 heterocycles. The lowest BCUT2D eigenvalue weighted by Crippen LogP contribution is -2.33. The number of hydrogen-bond donors (Lipinski definition) is 1. The first kappa shape index (κ1) is 14.8. The van der Waals surface area contributed by atoms with Gasteiger partial charge in [-0.1, -0.05) is 48.0 Å². The van der Waals surface area contributed by atoms with E-state index in [9.17, 15) is 14.7 Å². The summed E-state index contributed by atoms with van der Waals surface area (Å²) in [5.74, 6) is -1.55. The van der Waals surface area contributed by atoms with Crippen LogP contribution in [0.1, 0.15) is 12.5 Å². The number of esters is 1. The summed E-state index contributed by atoms with van der Waals surface area (Å²) in [5, 5.41) is 10.1. The number of Topliss-reactive ketones (excluding diaryl/α,β-unsaturated/α-hetero) is 1. The van der Waals surface area contributed by atoms with Gasteiger partial charge in [-0.2, -0.15) is 0 Å². The first-order chi connectivity index (χ1) is 10.4. The van der Waals surface area contributed by atoms with Crippen LogP contribution in [-0.2, 0) is 19.9 Å². The second-order valence-electron chi connectivity index (χ2n) is 5.31. The topological polar surface area (TPSA) is 63.6 Å². The van der Waals surface area contributed by atoms with Gasteiger partial charge in [-0.05, 0) is 30.2 Å². The quantitative estimate of drug-likeness (QED) is 0.683. The van der Waals surface area contributed by atoms with Gasteiger partial charge >= 0.3 is 5.97 Å². The summed E-state index contributed by atoms with van der Waals surface area (Å²) in [6.07, 6.45) is -1.71. The molecule has 3 rings (SSSR count). The van der Waals surface area contributed by atoms with Gasteiger partial charge in [-0.25, -0.2) is 4.79 Å². The number of aliphatic hydroxyl groups excluding tert-OH is 1. The largest absolute Gasteiger partial charge is 0.444 e. The Morgan fingerprint density at radius 1 is 1.00 bits per heavy atom. The summed E-state index contributed by atoms with van der Waals surface area (Å²) in [5.41, 5.74) is 1.02. The van der Waals surface area contributed by atoms with Gasteiger partial charge < -0.3 is 9.84 Å². The highest BCUT2D eigenvalue weighted by molar-refractivity contribution is 6.30. The third-order valence-corrected chi connectivity index (χ3v) is 4.11. The van der Waals surface area contributed by atoms with E-state index in [-0.39, 0.29) is 0 Å². The molecule has 0 spiro atoms. The molecule has 2 aromatic rings. The van der Waals surface area contributed by atoms with Gasteiger partial charge in [0.15, 0.2) is 5.60 Å². The number of carbonyl (C=O) groups excluding carboxylic acids is 2. The van der Waals surface area contributed by atoms with E-state index < -0.39 is 23.5 Å². The van der Waals surface area contributed by atoms with Gasteiger partial charge in [0.25, 0.3) is 0 Å². The summed E-state index contributed by atoms with van der Waals surface area (Å²) >= 11 is 5.86. The van der Waals surface area contributed by atoms with Crippen molar-refractivity contribution in [1.29, 1.82) is 0 Å². The Hall–Kier alpha value is -2.17. The zero-order valence-electron chi connectivity index (χ0n) is 11.7. The van der Waals surface area contributed by atoms with Crippen molar-refractivity contribution in [3.63, 3.8) is 0 Å². The lowest BCUT2D eigenvalue weighted by atomic mass is 9.89. The highest BCUT2D eigenvalue weighted by Crippen LogP contribution is 2.34. The van der Waals surface area contributed by atoms with Gasteiger partial charge in [0, 0.05) is 10.6 Å². The molecule has 0 saturated carbocycles. The standard InChI is InChI=1S/C17H13ClO4/c1-17(15(20)14(19)16(21)22-17)12-6-2-10(3-7-12)11-4-8-13(18)9-5-11/h2-9,14,19H,1H3. The zero-order valence-corrected chi connectivity index (χ0v) is 12.5. The van der Waals surface area contributed by atoms with Crippen molar-refractivity contribution in [2.75, 3.05) is 0 Å². The van der Waals surface area contributed by atoms with E-state index in [2.05, 4.69) is 0 Å². The number of ketones is 1.